The summed E-state index contributed by atoms with van der Waals surface area (Å²) in [6.45, 7) is 4.27. The second-order valence-corrected chi connectivity index (χ2v) is 5.01. The minimum Gasteiger partial charge on any atom is -0.494 e. The molecule has 0 heterocycles. The maximum atomic E-state index is 12.1. The van der Waals surface area contributed by atoms with Crippen LogP contribution in [0.5, 0.6) is 5.75 Å². The summed E-state index contributed by atoms with van der Waals surface area (Å²) in [7, 11) is 0. The minimum atomic E-state index is -1.02. The van der Waals surface area contributed by atoms with E-state index in [0.29, 0.717) is 17.9 Å². The Morgan fingerprint density at radius 2 is 1.95 bits per heavy atom. The van der Waals surface area contributed by atoms with Crippen LogP contribution >= 0.6 is 0 Å². The molecule has 7 nitrogen and oxygen atoms in total. The SMILES string of the molecule is CCCCOc1ccc(C(=O)N[C@H](C(=O)NO)[C@@H](C)N)cc1. The van der Waals surface area contributed by atoms with E-state index in [2.05, 4.69) is 12.2 Å². The number of unbranched alkanes of at least 4 members (excludes halogenated alkanes) is 1. The van der Waals surface area contributed by atoms with Gasteiger partial charge < -0.3 is 15.8 Å². The number of hydrogen-bond donors (Lipinski definition) is 4. The molecule has 0 fully saturated rings. The molecule has 0 aliphatic carbocycles. The van der Waals surface area contributed by atoms with Gasteiger partial charge in [-0.2, -0.15) is 0 Å². The summed E-state index contributed by atoms with van der Waals surface area (Å²) in [6, 6.07) is 4.93. The molecule has 1 aromatic rings. The standard InChI is InChI=1S/C15H23N3O4/c1-3-4-9-22-12-7-5-11(6-8-12)14(19)17-13(10(2)16)15(20)18-21/h5-8,10,13,21H,3-4,9,16H2,1-2H3,(H,17,19)(H,18,20)/t10-,13+/m1/s1. The van der Waals surface area contributed by atoms with Crippen molar-refractivity contribution in [2.24, 2.45) is 5.73 Å². The molecule has 122 valence electrons. The maximum Gasteiger partial charge on any atom is 0.267 e. The van der Waals surface area contributed by atoms with Crippen LogP contribution in [0.15, 0.2) is 24.3 Å². The lowest BCUT2D eigenvalue weighted by atomic mass is 10.1. The quantitative estimate of drug-likeness (QED) is 0.322. The molecule has 2 atom stereocenters. The Labute approximate surface area is 129 Å². The Morgan fingerprint density at radius 1 is 1.32 bits per heavy atom. The van der Waals surface area contributed by atoms with Gasteiger partial charge in [0.15, 0.2) is 0 Å². The zero-order valence-corrected chi connectivity index (χ0v) is 12.8. The van der Waals surface area contributed by atoms with Crippen molar-refractivity contribution in [1.29, 1.82) is 0 Å². The molecule has 0 unspecified atom stereocenters. The van der Waals surface area contributed by atoms with E-state index in [1.165, 1.54) is 5.48 Å². The van der Waals surface area contributed by atoms with Gasteiger partial charge in [0.2, 0.25) is 0 Å². The van der Waals surface area contributed by atoms with Crippen molar-refractivity contribution >= 4 is 11.8 Å². The highest BCUT2D eigenvalue weighted by Gasteiger charge is 2.24. The van der Waals surface area contributed by atoms with E-state index in [1.54, 1.807) is 31.2 Å². The van der Waals surface area contributed by atoms with Gasteiger partial charge in [-0.3, -0.25) is 14.8 Å². The highest BCUT2D eigenvalue weighted by atomic mass is 16.5. The second kappa shape index (κ2) is 9.01. The summed E-state index contributed by atoms with van der Waals surface area (Å²) >= 11 is 0. The molecule has 0 aliphatic rings. The molecule has 0 aromatic heterocycles. The number of carbonyl (C=O) groups is 2. The van der Waals surface area contributed by atoms with Crippen LogP contribution < -0.4 is 21.3 Å². The monoisotopic (exact) mass is 309 g/mol. The highest BCUT2D eigenvalue weighted by molar-refractivity contribution is 5.97. The number of hydrogen-bond acceptors (Lipinski definition) is 5. The first-order valence-corrected chi connectivity index (χ1v) is 7.22. The summed E-state index contributed by atoms with van der Waals surface area (Å²) in [5.74, 6) is -0.532. The van der Waals surface area contributed by atoms with Crippen LogP contribution in [0.3, 0.4) is 0 Å². The van der Waals surface area contributed by atoms with E-state index in [0.717, 1.165) is 12.8 Å². The van der Waals surface area contributed by atoms with Gasteiger partial charge >= 0.3 is 0 Å². The number of nitrogens with one attached hydrogen (secondary N) is 2. The largest absolute Gasteiger partial charge is 0.494 e. The van der Waals surface area contributed by atoms with E-state index >= 15 is 0 Å². The molecule has 7 heteroatoms. The molecule has 1 rings (SSSR count). The van der Waals surface area contributed by atoms with Gasteiger partial charge in [0.25, 0.3) is 11.8 Å². The van der Waals surface area contributed by atoms with E-state index in [9.17, 15) is 9.59 Å². The Kier molecular flexibility index (Phi) is 7.34. The van der Waals surface area contributed by atoms with Crippen molar-refractivity contribution in [3.63, 3.8) is 0 Å². The molecular weight excluding hydrogens is 286 g/mol. The van der Waals surface area contributed by atoms with Crippen molar-refractivity contribution in [1.82, 2.24) is 10.8 Å². The summed E-state index contributed by atoms with van der Waals surface area (Å²) in [5, 5.41) is 11.1. The van der Waals surface area contributed by atoms with E-state index in [-0.39, 0.29) is 0 Å². The molecule has 5 N–H and O–H groups in total. The summed E-state index contributed by atoms with van der Waals surface area (Å²) in [6.07, 6.45) is 2.01. The van der Waals surface area contributed by atoms with Crippen LogP contribution in [0.25, 0.3) is 0 Å². The van der Waals surface area contributed by atoms with E-state index in [1.807, 2.05) is 0 Å². The maximum absolute atomic E-state index is 12.1. The third-order valence-corrected chi connectivity index (χ3v) is 3.09. The Morgan fingerprint density at radius 3 is 2.45 bits per heavy atom. The molecular formula is C15H23N3O4. The smallest absolute Gasteiger partial charge is 0.267 e. The first-order chi connectivity index (χ1) is 10.5. The number of rotatable bonds is 8. The fraction of sp³-hybridized carbons (Fsp3) is 0.467. The van der Waals surface area contributed by atoms with Crippen LogP contribution in [-0.4, -0.2) is 35.7 Å². The summed E-state index contributed by atoms with van der Waals surface area (Å²) in [5.41, 5.74) is 7.49. The predicted octanol–water partition coefficient (Wildman–Crippen LogP) is 0.817. The zero-order chi connectivity index (χ0) is 16.5. The molecule has 0 saturated heterocycles. The normalized spacial score (nSPS) is 13.1. The first kappa shape index (κ1) is 17.9. The van der Waals surface area contributed by atoms with Crippen LogP contribution in [0, 0.1) is 0 Å². The third kappa shape index (κ3) is 5.34. The van der Waals surface area contributed by atoms with Crippen molar-refractivity contribution in [3.8, 4) is 5.75 Å². The number of benzene rings is 1. The van der Waals surface area contributed by atoms with Crippen LogP contribution in [-0.2, 0) is 4.79 Å². The van der Waals surface area contributed by atoms with Gasteiger partial charge in [0, 0.05) is 11.6 Å². The molecule has 1 aromatic carbocycles. The van der Waals surface area contributed by atoms with Gasteiger partial charge in [-0.25, -0.2) is 5.48 Å². The lowest BCUT2D eigenvalue weighted by Crippen LogP contribution is -2.54. The lowest BCUT2D eigenvalue weighted by molar-refractivity contribution is -0.131. The van der Waals surface area contributed by atoms with Gasteiger partial charge in [-0.05, 0) is 37.6 Å². The fourth-order valence-corrected chi connectivity index (χ4v) is 1.77. The van der Waals surface area contributed by atoms with Gasteiger partial charge in [0.1, 0.15) is 11.8 Å². The minimum absolute atomic E-state index is 0.374. The average Bonchev–Trinajstić information content (AvgIpc) is 2.52. The molecule has 0 saturated carbocycles. The summed E-state index contributed by atoms with van der Waals surface area (Å²) in [4.78, 5) is 23.5. The second-order valence-electron chi connectivity index (χ2n) is 5.01. The van der Waals surface area contributed by atoms with Crippen LogP contribution in [0.2, 0.25) is 0 Å². The molecule has 0 bridgehead atoms. The zero-order valence-electron chi connectivity index (χ0n) is 12.8. The predicted molar refractivity (Wildman–Crippen MR) is 81.7 cm³/mol. The first-order valence-electron chi connectivity index (χ1n) is 7.22. The molecule has 0 radical (unpaired) electrons. The van der Waals surface area contributed by atoms with Gasteiger partial charge in [-0.15, -0.1) is 0 Å². The number of carbonyl (C=O) groups excluding carboxylic acids is 2. The molecule has 0 spiro atoms. The molecule has 0 aliphatic heterocycles. The van der Waals surface area contributed by atoms with Crippen molar-refractivity contribution in [2.45, 2.75) is 38.8 Å². The molecule has 2 amide bonds. The van der Waals surface area contributed by atoms with E-state index in [4.69, 9.17) is 15.7 Å². The lowest BCUT2D eigenvalue weighted by Gasteiger charge is -2.20. The van der Waals surface area contributed by atoms with E-state index < -0.39 is 23.9 Å². The van der Waals surface area contributed by atoms with Crippen LogP contribution in [0.4, 0.5) is 0 Å². The van der Waals surface area contributed by atoms with Gasteiger partial charge in [-0.1, -0.05) is 13.3 Å². The number of amides is 2. The topological polar surface area (TPSA) is 114 Å². The van der Waals surface area contributed by atoms with Crippen molar-refractivity contribution < 1.29 is 19.5 Å². The molecule has 22 heavy (non-hydrogen) atoms. The Balaban J connectivity index is 2.66. The summed E-state index contributed by atoms with van der Waals surface area (Å²) < 4.78 is 5.51. The Hall–Kier alpha value is -2.12. The number of hydroxylamine groups is 1. The van der Waals surface area contributed by atoms with Crippen molar-refractivity contribution in [3.05, 3.63) is 29.8 Å². The highest BCUT2D eigenvalue weighted by Crippen LogP contribution is 2.13. The fourth-order valence-electron chi connectivity index (χ4n) is 1.77. The third-order valence-electron chi connectivity index (χ3n) is 3.09. The number of nitrogens with two attached hydrogens (primary N) is 1. The van der Waals surface area contributed by atoms with Crippen LogP contribution in [0.1, 0.15) is 37.0 Å². The Bertz CT molecular complexity index is 488. The van der Waals surface area contributed by atoms with Crippen molar-refractivity contribution in [2.75, 3.05) is 6.61 Å². The van der Waals surface area contributed by atoms with Gasteiger partial charge in [0.05, 0.1) is 6.61 Å². The average molecular weight is 309 g/mol. The number of ether oxygens (including phenoxy) is 1.